The van der Waals surface area contributed by atoms with Gasteiger partial charge in [0.1, 0.15) is 5.60 Å². The van der Waals surface area contributed by atoms with Crippen LogP contribution in [0.2, 0.25) is 0 Å². The Bertz CT molecular complexity index is 297. The van der Waals surface area contributed by atoms with Crippen LogP contribution in [0, 0.1) is 5.92 Å². The monoisotopic (exact) mass is 245 g/mol. The quantitative estimate of drug-likeness (QED) is 0.774. The second kappa shape index (κ2) is 5.35. The van der Waals surface area contributed by atoms with E-state index in [1.165, 1.54) is 0 Å². The molecule has 6 nitrogen and oxygen atoms in total. The van der Waals surface area contributed by atoms with Crippen LogP contribution in [0.3, 0.4) is 0 Å². The number of rotatable bonds is 3. The van der Waals surface area contributed by atoms with E-state index >= 15 is 0 Å². The highest BCUT2D eigenvalue weighted by Crippen LogP contribution is 2.20. The summed E-state index contributed by atoms with van der Waals surface area (Å²) >= 11 is 0. The van der Waals surface area contributed by atoms with Crippen molar-refractivity contribution in [1.82, 2.24) is 5.32 Å². The summed E-state index contributed by atoms with van der Waals surface area (Å²) in [4.78, 5) is 22.2. The number of carboxylic acid groups (broad SMARTS) is 1. The van der Waals surface area contributed by atoms with Gasteiger partial charge in [0.2, 0.25) is 0 Å². The summed E-state index contributed by atoms with van der Waals surface area (Å²) in [6, 6.07) is 0. The van der Waals surface area contributed by atoms with Crippen LogP contribution in [0.5, 0.6) is 0 Å². The van der Waals surface area contributed by atoms with E-state index in [-0.39, 0.29) is 12.5 Å². The second-order valence-electron chi connectivity index (χ2n) is 5.06. The molecule has 1 aliphatic rings. The maximum absolute atomic E-state index is 11.4. The summed E-state index contributed by atoms with van der Waals surface area (Å²) in [7, 11) is 0. The van der Waals surface area contributed by atoms with Gasteiger partial charge in [-0.1, -0.05) is 0 Å². The summed E-state index contributed by atoms with van der Waals surface area (Å²) in [6.45, 7) is 5.98. The Kier molecular flexibility index (Phi) is 4.34. The molecule has 1 fully saturated rings. The molecule has 1 heterocycles. The van der Waals surface area contributed by atoms with Gasteiger partial charge >= 0.3 is 12.1 Å². The summed E-state index contributed by atoms with van der Waals surface area (Å²) in [6.07, 6.45) is -0.731. The molecule has 0 bridgehead atoms. The molecule has 0 aliphatic carbocycles. The lowest BCUT2D eigenvalue weighted by Crippen LogP contribution is -2.39. The van der Waals surface area contributed by atoms with Crippen molar-refractivity contribution >= 4 is 12.1 Å². The predicted octanol–water partition coefficient (Wildman–Crippen LogP) is 1.00. The highest BCUT2D eigenvalue weighted by molar-refractivity contribution is 5.73. The predicted molar refractivity (Wildman–Crippen MR) is 59.7 cm³/mol. The fraction of sp³-hybridized carbons (Fsp3) is 0.818. The molecular weight excluding hydrogens is 226 g/mol. The Morgan fingerprint density at radius 3 is 2.65 bits per heavy atom. The van der Waals surface area contributed by atoms with Crippen molar-refractivity contribution in [2.75, 3.05) is 13.2 Å². The normalized spacial score (nSPS) is 24.4. The highest BCUT2D eigenvalue weighted by atomic mass is 16.6. The van der Waals surface area contributed by atoms with Crippen molar-refractivity contribution in [1.29, 1.82) is 0 Å². The number of hydrogen-bond acceptors (Lipinski definition) is 4. The van der Waals surface area contributed by atoms with Gasteiger partial charge < -0.3 is 19.9 Å². The molecule has 1 saturated heterocycles. The largest absolute Gasteiger partial charge is 0.479 e. The molecule has 1 rings (SSSR count). The fourth-order valence-corrected chi connectivity index (χ4v) is 1.64. The molecule has 17 heavy (non-hydrogen) atoms. The van der Waals surface area contributed by atoms with E-state index in [1.54, 1.807) is 20.8 Å². The van der Waals surface area contributed by atoms with Crippen molar-refractivity contribution < 1.29 is 24.2 Å². The molecule has 0 aromatic carbocycles. The number of nitrogens with one attached hydrogen (secondary N) is 1. The number of carbonyl (C=O) groups excluding carboxylic acids is 1. The van der Waals surface area contributed by atoms with E-state index in [4.69, 9.17) is 14.6 Å². The molecule has 2 atom stereocenters. The number of carbonyl (C=O) groups is 2. The van der Waals surface area contributed by atoms with Crippen LogP contribution >= 0.6 is 0 Å². The van der Waals surface area contributed by atoms with E-state index in [0.29, 0.717) is 13.0 Å². The third kappa shape index (κ3) is 4.60. The SMILES string of the molecule is CC(C)(C)OC(=O)NC[C@@H]1CCO[C@@H]1C(=O)O. The molecule has 6 heteroatoms. The van der Waals surface area contributed by atoms with E-state index in [9.17, 15) is 9.59 Å². The Hall–Kier alpha value is -1.30. The zero-order valence-electron chi connectivity index (χ0n) is 10.4. The molecule has 0 aromatic rings. The van der Waals surface area contributed by atoms with E-state index < -0.39 is 23.8 Å². The molecule has 0 spiro atoms. The fourth-order valence-electron chi connectivity index (χ4n) is 1.64. The van der Waals surface area contributed by atoms with Gasteiger partial charge in [-0.2, -0.15) is 0 Å². The summed E-state index contributed by atoms with van der Waals surface area (Å²) in [5, 5.41) is 11.4. The highest BCUT2D eigenvalue weighted by Gasteiger charge is 2.34. The van der Waals surface area contributed by atoms with E-state index in [1.807, 2.05) is 0 Å². The van der Waals surface area contributed by atoms with Crippen LogP contribution < -0.4 is 5.32 Å². The molecule has 0 saturated carbocycles. The first-order valence-electron chi connectivity index (χ1n) is 5.61. The lowest BCUT2D eigenvalue weighted by atomic mass is 10.0. The van der Waals surface area contributed by atoms with Crippen molar-refractivity contribution in [2.24, 2.45) is 5.92 Å². The maximum Gasteiger partial charge on any atom is 0.407 e. The molecule has 1 amide bonds. The number of carboxylic acids is 1. The van der Waals surface area contributed by atoms with Gasteiger partial charge in [0.25, 0.3) is 0 Å². The minimum atomic E-state index is -0.988. The first-order chi connectivity index (χ1) is 7.79. The first kappa shape index (κ1) is 13.8. The topological polar surface area (TPSA) is 84.9 Å². The van der Waals surface area contributed by atoms with E-state index in [2.05, 4.69) is 5.32 Å². The summed E-state index contributed by atoms with van der Waals surface area (Å²) in [5.41, 5.74) is -0.553. The van der Waals surface area contributed by atoms with Crippen molar-refractivity contribution in [3.63, 3.8) is 0 Å². The van der Waals surface area contributed by atoms with Gasteiger partial charge in [-0.05, 0) is 27.2 Å². The molecular formula is C11H19NO5. The number of ether oxygens (including phenoxy) is 2. The minimum Gasteiger partial charge on any atom is -0.479 e. The third-order valence-corrected chi connectivity index (χ3v) is 2.37. The van der Waals surface area contributed by atoms with E-state index in [0.717, 1.165) is 0 Å². The number of aliphatic carboxylic acids is 1. The minimum absolute atomic E-state index is 0.194. The first-order valence-corrected chi connectivity index (χ1v) is 5.61. The summed E-state index contributed by atoms with van der Waals surface area (Å²) in [5.74, 6) is -1.18. The maximum atomic E-state index is 11.4. The van der Waals surface area contributed by atoms with Gasteiger partial charge in [-0.3, -0.25) is 0 Å². The van der Waals surface area contributed by atoms with Crippen molar-refractivity contribution in [2.45, 2.75) is 38.9 Å². The summed E-state index contributed by atoms with van der Waals surface area (Å²) < 4.78 is 10.1. The Morgan fingerprint density at radius 2 is 2.12 bits per heavy atom. The average Bonchev–Trinajstić information content (AvgIpc) is 2.59. The van der Waals surface area contributed by atoms with Crippen LogP contribution in [0.4, 0.5) is 4.79 Å². The number of hydrogen-bond donors (Lipinski definition) is 2. The van der Waals surface area contributed by atoms with Gasteiger partial charge in [0.15, 0.2) is 6.10 Å². The lowest BCUT2D eigenvalue weighted by Gasteiger charge is -2.21. The second-order valence-corrected chi connectivity index (χ2v) is 5.06. The Morgan fingerprint density at radius 1 is 1.47 bits per heavy atom. The Balaban J connectivity index is 2.35. The number of alkyl carbamates (subject to hydrolysis) is 1. The van der Waals surface area contributed by atoms with Gasteiger partial charge in [0.05, 0.1) is 0 Å². The van der Waals surface area contributed by atoms with Crippen LogP contribution in [0.1, 0.15) is 27.2 Å². The molecule has 2 N–H and O–H groups in total. The van der Waals surface area contributed by atoms with Crippen LogP contribution in [-0.2, 0) is 14.3 Å². The number of amides is 1. The third-order valence-electron chi connectivity index (χ3n) is 2.37. The molecule has 0 unspecified atom stereocenters. The smallest absolute Gasteiger partial charge is 0.407 e. The van der Waals surface area contributed by atoms with Crippen LogP contribution in [0.15, 0.2) is 0 Å². The molecule has 98 valence electrons. The Labute approximate surface area is 100 Å². The standard InChI is InChI=1S/C11H19NO5/c1-11(2,3)17-10(15)12-6-7-4-5-16-8(7)9(13)14/h7-8H,4-6H2,1-3H3,(H,12,15)(H,13,14)/t7-,8-/m0/s1. The molecule has 0 radical (unpaired) electrons. The van der Waals surface area contributed by atoms with Crippen molar-refractivity contribution in [3.8, 4) is 0 Å². The average molecular weight is 245 g/mol. The van der Waals surface area contributed by atoms with Crippen LogP contribution in [0.25, 0.3) is 0 Å². The van der Waals surface area contributed by atoms with Crippen LogP contribution in [-0.4, -0.2) is 42.0 Å². The van der Waals surface area contributed by atoms with Gasteiger partial charge in [0, 0.05) is 19.1 Å². The zero-order chi connectivity index (χ0) is 13.1. The molecule has 0 aromatic heterocycles. The van der Waals surface area contributed by atoms with Gasteiger partial charge in [-0.15, -0.1) is 0 Å². The zero-order valence-corrected chi connectivity index (χ0v) is 10.4. The van der Waals surface area contributed by atoms with Gasteiger partial charge in [-0.25, -0.2) is 9.59 Å². The van der Waals surface area contributed by atoms with Crippen molar-refractivity contribution in [3.05, 3.63) is 0 Å². The lowest BCUT2D eigenvalue weighted by molar-refractivity contribution is -0.149. The molecule has 1 aliphatic heterocycles.